The van der Waals surface area contributed by atoms with Gasteiger partial charge < -0.3 is 24.4 Å². The molecule has 124 valence electrons. The number of likely N-dealkylation sites (N-methyl/N-ethyl adjacent to an activating group) is 1. The van der Waals surface area contributed by atoms with E-state index < -0.39 is 0 Å². The fourth-order valence-electron chi connectivity index (χ4n) is 2.23. The molecule has 0 bridgehead atoms. The minimum atomic E-state index is -0.169. The number of ether oxygens (including phenoxy) is 3. The Morgan fingerprint density at radius 2 is 1.91 bits per heavy atom. The summed E-state index contributed by atoms with van der Waals surface area (Å²) in [5.41, 5.74) is 0.460. The number of nitrogens with zero attached hydrogens (tertiary/aromatic N) is 1. The van der Waals surface area contributed by atoms with Crippen molar-refractivity contribution in [3.63, 3.8) is 0 Å². The summed E-state index contributed by atoms with van der Waals surface area (Å²) in [6.45, 7) is 7.74. The van der Waals surface area contributed by atoms with Gasteiger partial charge >= 0.3 is 0 Å². The molecule has 0 fully saturated rings. The normalized spacial score (nSPS) is 12.0. The molecule has 1 aliphatic heterocycles. The van der Waals surface area contributed by atoms with E-state index >= 15 is 0 Å². The van der Waals surface area contributed by atoms with Crippen molar-refractivity contribution in [3.05, 3.63) is 17.7 Å². The number of fused-ring (bicyclic) bond motifs is 1. The van der Waals surface area contributed by atoms with E-state index in [1.165, 1.54) is 7.11 Å². The van der Waals surface area contributed by atoms with E-state index in [9.17, 15) is 4.79 Å². The van der Waals surface area contributed by atoms with Crippen LogP contribution in [0.15, 0.2) is 12.1 Å². The number of benzene rings is 1. The Kier molecular flexibility index (Phi) is 7.27. The van der Waals surface area contributed by atoms with Gasteiger partial charge in [-0.2, -0.15) is 0 Å². The van der Waals surface area contributed by atoms with Gasteiger partial charge in [0.05, 0.1) is 12.7 Å². The molecule has 0 unspecified atom stereocenters. The summed E-state index contributed by atoms with van der Waals surface area (Å²) >= 11 is 0. The molecule has 2 rings (SSSR count). The van der Waals surface area contributed by atoms with Crippen LogP contribution in [0.1, 0.15) is 24.2 Å². The van der Waals surface area contributed by atoms with Crippen molar-refractivity contribution in [2.24, 2.45) is 0 Å². The number of hydrogen-bond acceptors (Lipinski definition) is 5. The van der Waals surface area contributed by atoms with Crippen LogP contribution in [0.2, 0.25) is 0 Å². The molecule has 0 aromatic heterocycles. The van der Waals surface area contributed by atoms with Crippen LogP contribution in [0.3, 0.4) is 0 Å². The number of methoxy groups -OCH3 is 1. The molecule has 22 heavy (non-hydrogen) atoms. The zero-order valence-corrected chi connectivity index (χ0v) is 14.0. The molecule has 1 N–H and O–H groups in total. The van der Waals surface area contributed by atoms with E-state index in [4.69, 9.17) is 14.2 Å². The summed E-state index contributed by atoms with van der Waals surface area (Å²) in [5.74, 6) is 1.49. The zero-order valence-electron chi connectivity index (χ0n) is 13.2. The Balaban J connectivity index is 0.00000242. The van der Waals surface area contributed by atoms with Gasteiger partial charge in [0.2, 0.25) is 6.79 Å². The molecule has 0 atom stereocenters. The fourth-order valence-corrected chi connectivity index (χ4v) is 2.23. The summed E-state index contributed by atoms with van der Waals surface area (Å²) in [6, 6.07) is 3.34. The molecule has 6 nitrogen and oxygen atoms in total. The summed E-state index contributed by atoms with van der Waals surface area (Å²) in [7, 11) is 1.53. The predicted octanol–water partition coefficient (Wildman–Crippen LogP) is 1.92. The van der Waals surface area contributed by atoms with Gasteiger partial charge in [-0.1, -0.05) is 13.8 Å². The molecule has 1 aromatic carbocycles. The summed E-state index contributed by atoms with van der Waals surface area (Å²) < 4.78 is 15.8. The second-order valence-corrected chi connectivity index (χ2v) is 4.69. The monoisotopic (exact) mass is 330 g/mol. The Bertz CT molecular complexity index is 507. The second kappa shape index (κ2) is 8.70. The lowest BCUT2D eigenvalue weighted by molar-refractivity contribution is 0.0945. The van der Waals surface area contributed by atoms with Gasteiger partial charge in [-0.05, 0) is 13.1 Å². The molecule has 1 aromatic rings. The summed E-state index contributed by atoms with van der Waals surface area (Å²) in [5, 5.41) is 2.91. The first kappa shape index (κ1) is 18.4. The van der Waals surface area contributed by atoms with E-state index in [1.54, 1.807) is 12.1 Å². The number of amides is 1. The first-order valence-corrected chi connectivity index (χ1v) is 7.17. The third kappa shape index (κ3) is 4.18. The standard InChI is InChI=1S/C15H22N2O4.ClH/c1-4-17(5-2)7-6-16-15(18)11-8-13-14(21-10-20-13)9-12(11)19-3;/h8-9H,4-7,10H2,1-3H3,(H,16,18);1H. The predicted molar refractivity (Wildman–Crippen MR) is 86.5 cm³/mol. The number of carbonyl (C=O) groups is 1. The van der Waals surface area contributed by atoms with Crippen molar-refractivity contribution < 1.29 is 19.0 Å². The smallest absolute Gasteiger partial charge is 0.255 e. The van der Waals surface area contributed by atoms with E-state index in [0.29, 0.717) is 29.4 Å². The topological polar surface area (TPSA) is 60.0 Å². The van der Waals surface area contributed by atoms with Crippen molar-refractivity contribution in [1.82, 2.24) is 10.2 Å². The highest BCUT2D eigenvalue weighted by Gasteiger charge is 2.21. The van der Waals surface area contributed by atoms with Gasteiger partial charge in [0.1, 0.15) is 5.75 Å². The number of carbonyl (C=O) groups excluding carboxylic acids is 1. The van der Waals surface area contributed by atoms with Crippen LogP contribution in [-0.2, 0) is 0 Å². The Hall–Kier alpha value is -1.66. The molecule has 7 heteroatoms. The second-order valence-electron chi connectivity index (χ2n) is 4.69. The van der Waals surface area contributed by atoms with Crippen LogP contribution in [0, 0.1) is 0 Å². The summed E-state index contributed by atoms with van der Waals surface area (Å²) in [6.07, 6.45) is 0. The third-order valence-electron chi connectivity index (χ3n) is 3.55. The molecule has 0 radical (unpaired) electrons. The van der Waals surface area contributed by atoms with Crippen LogP contribution in [0.5, 0.6) is 17.2 Å². The van der Waals surface area contributed by atoms with Gasteiger partial charge in [-0.25, -0.2) is 0 Å². The molecule has 0 aliphatic carbocycles. The molecule has 1 heterocycles. The molecule has 1 amide bonds. The fraction of sp³-hybridized carbons (Fsp3) is 0.533. The van der Waals surface area contributed by atoms with Crippen LogP contribution < -0.4 is 19.5 Å². The molecule has 0 spiro atoms. The maximum atomic E-state index is 12.3. The lowest BCUT2D eigenvalue weighted by Crippen LogP contribution is -2.34. The highest BCUT2D eigenvalue weighted by Crippen LogP contribution is 2.37. The average molecular weight is 331 g/mol. The van der Waals surface area contributed by atoms with E-state index in [1.807, 2.05) is 0 Å². The number of nitrogens with one attached hydrogen (secondary N) is 1. The van der Waals surface area contributed by atoms with Crippen molar-refractivity contribution >= 4 is 18.3 Å². The maximum absolute atomic E-state index is 12.3. The first-order valence-electron chi connectivity index (χ1n) is 7.17. The minimum Gasteiger partial charge on any atom is -0.496 e. The largest absolute Gasteiger partial charge is 0.496 e. The molecule has 0 saturated heterocycles. The van der Waals surface area contributed by atoms with E-state index in [0.717, 1.165) is 19.6 Å². The average Bonchev–Trinajstić information content (AvgIpc) is 2.97. The Morgan fingerprint density at radius 1 is 1.27 bits per heavy atom. The van der Waals surface area contributed by atoms with Gasteiger partial charge in [0.15, 0.2) is 11.5 Å². The zero-order chi connectivity index (χ0) is 15.2. The van der Waals surface area contributed by atoms with E-state index in [2.05, 4.69) is 24.1 Å². The van der Waals surface area contributed by atoms with Gasteiger partial charge in [-0.15, -0.1) is 12.4 Å². The first-order chi connectivity index (χ1) is 10.2. The van der Waals surface area contributed by atoms with Crippen molar-refractivity contribution in [2.75, 3.05) is 40.1 Å². The van der Waals surface area contributed by atoms with Crippen LogP contribution in [-0.4, -0.2) is 50.9 Å². The molecular weight excluding hydrogens is 308 g/mol. The lowest BCUT2D eigenvalue weighted by atomic mass is 10.1. The Morgan fingerprint density at radius 3 is 2.50 bits per heavy atom. The molecule has 1 aliphatic rings. The van der Waals surface area contributed by atoms with Crippen molar-refractivity contribution in [3.8, 4) is 17.2 Å². The maximum Gasteiger partial charge on any atom is 0.255 e. The van der Waals surface area contributed by atoms with Gasteiger partial charge in [0.25, 0.3) is 5.91 Å². The SMILES string of the molecule is CCN(CC)CCNC(=O)c1cc2c(cc1OC)OCO2.Cl. The van der Waals surface area contributed by atoms with Crippen molar-refractivity contribution in [1.29, 1.82) is 0 Å². The van der Waals surface area contributed by atoms with Gasteiger partial charge in [-0.3, -0.25) is 4.79 Å². The van der Waals surface area contributed by atoms with E-state index in [-0.39, 0.29) is 25.1 Å². The highest BCUT2D eigenvalue weighted by atomic mass is 35.5. The third-order valence-corrected chi connectivity index (χ3v) is 3.55. The van der Waals surface area contributed by atoms with Crippen LogP contribution >= 0.6 is 12.4 Å². The number of rotatable bonds is 7. The van der Waals surface area contributed by atoms with Gasteiger partial charge in [0, 0.05) is 25.2 Å². The van der Waals surface area contributed by atoms with Crippen LogP contribution in [0.4, 0.5) is 0 Å². The molecular formula is C15H23ClN2O4. The lowest BCUT2D eigenvalue weighted by Gasteiger charge is -2.18. The molecule has 0 saturated carbocycles. The quantitative estimate of drug-likeness (QED) is 0.827. The highest BCUT2D eigenvalue weighted by molar-refractivity contribution is 5.97. The minimum absolute atomic E-state index is 0. The number of hydrogen-bond donors (Lipinski definition) is 1. The summed E-state index contributed by atoms with van der Waals surface area (Å²) in [4.78, 5) is 14.5. The van der Waals surface area contributed by atoms with Crippen LogP contribution in [0.25, 0.3) is 0 Å². The number of halogens is 1. The van der Waals surface area contributed by atoms with Crippen molar-refractivity contribution in [2.45, 2.75) is 13.8 Å². The Labute approximate surface area is 137 Å².